The zero-order valence-electron chi connectivity index (χ0n) is 13.5. The average Bonchev–Trinajstić information content (AvgIpc) is 2.35. The van der Waals surface area contributed by atoms with Crippen molar-refractivity contribution in [2.45, 2.75) is 53.9 Å². The number of hydrogen-bond acceptors (Lipinski definition) is 3. The molecule has 1 atom stereocenters. The van der Waals surface area contributed by atoms with E-state index < -0.39 is 17.3 Å². The molecule has 4 N–H and O–H groups in total. The molecule has 20 heavy (non-hydrogen) atoms. The number of hydrogen-bond donors (Lipinski definition) is 3. The Kier molecular flexibility index (Phi) is 7.20. The largest absolute Gasteiger partial charge is 0.481 e. The van der Waals surface area contributed by atoms with Crippen molar-refractivity contribution >= 4 is 11.9 Å². The lowest BCUT2D eigenvalue weighted by Crippen LogP contribution is -2.47. The average molecular weight is 286 g/mol. The second kappa shape index (κ2) is 7.62. The first-order valence-electron chi connectivity index (χ1n) is 7.33. The van der Waals surface area contributed by atoms with Gasteiger partial charge in [0.1, 0.15) is 0 Å². The molecule has 1 unspecified atom stereocenters. The van der Waals surface area contributed by atoms with Crippen LogP contribution in [0.2, 0.25) is 0 Å². The van der Waals surface area contributed by atoms with Gasteiger partial charge in [0.05, 0.1) is 11.3 Å². The molecule has 0 aliphatic carbocycles. The Morgan fingerprint density at radius 3 is 2.00 bits per heavy atom. The summed E-state index contributed by atoms with van der Waals surface area (Å²) in [4.78, 5) is 23.5. The second-order valence-electron chi connectivity index (χ2n) is 6.70. The van der Waals surface area contributed by atoms with Gasteiger partial charge < -0.3 is 16.2 Å². The summed E-state index contributed by atoms with van der Waals surface area (Å²) in [6.45, 7) is 10.3. The maximum absolute atomic E-state index is 12.3. The van der Waals surface area contributed by atoms with Crippen LogP contribution < -0.4 is 11.1 Å². The van der Waals surface area contributed by atoms with Gasteiger partial charge in [-0.1, -0.05) is 34.6 Å². The van der Waals surface area contributed by atoms with Crippen LogP contribution in [0.4, 0.5) is 0 Å². The number of aliphatic carboxylic acids is 1. The van der Waals surface area contributed by atoms with E-state index in [0.717, 1.165) is 0 Å². The van der Waals surface area contributed by atoms with Gasteiger partial charge in [-0.2, -0.15) is 0 Å². The second-order valence-corrected chi connectivity index (χ2v) is 6.70. The van der Waals surface area contributed by atoms with E-state index in [0.29, 0.717) is 19.3 Å². The van der Waals surface area contributed by atoms with Crippen LogP contribution in [-0.2, 0) is 9.59 Å². The van der Waals surface area contributed by atoms with Crippen molar-refractivity contribution in [1.82, 2.24) is 5.32 Å². The summed E-state index contributed by atoms with van der Waals surface area (Å²) in [5.41, 5.74) is 5.05. The highest BCUT2D eigenvalue weighted by Gasteiger charge is 2.34. The topological polar surface area (TPSA) is 92.4 Å². The van der Waals surface area contributed by atoms with Gasteiger partial charge in [-0.15, -0.1) is 0 Å². The first kappa shape index (κ1) is 18.9. The van der Waals surface area contributed by atoms with Crippen LogP contribution in [0.1, 0.15) is 53.9 Å². The van der Waals surface area contributed by atoms with E-state index in [4.69, 9.17) is 5.73 Å². The third-order valence-electron chi connectivity index (χ3n) is 3.94. The van der Waals surface area contributed by atoms with Crippen LogP contribution in [0, 0.1) is 16.7 Å². The Balaban J connectivity index is 4.71. The van der Waals surface area contributed by atoms with Gasteiger partial charge in [0, 0.05) is 13.1 Å². The van der Waals surface area contributed by atoms with Crippen LogP contribution in [0.15, 0.2) is 0 Å². The normalized spacial score (nSPS) is 13.9. The number of nitrogens with two attached hydrogens (primary N) is 1. The van der Waals surface area contributed by atoms with Gasteiger partial charge in [-0.3, -0.25) is 9.59 Å². The molecule has 0 aromatic rings. The fourth-order valence-corrected chi connectivity index (χ4v) is 2.34. The summed E-state index contributed by atoms with van der Waals surface area (Å²) in [5, 5.41) is 12.0. The molecule has 5 nitrogen and oxygen atoms in total. The summed E-state index contributed by atoms with van der Waals surface area (Å²) >= 11 is 0. The monoisotopic (exact) mass is 286 g/mol. The van der Waals surface area contributed by atoms with Gasteiger partial charge in [-0.05, 0) is 24.7 Å². The van der Waals surface area contributed by atoms with Crippen LogP contribution in [0.25, 0.3) is 0 Å². The smallest absolute Gasteiger partial charge is 0.308 e. The van der Waals surface area contributed by atoms with Crippen molar-refractivity contribution in [2.24, 2.45) is 22.5 Å². The van der Waals surface area contributed by atoms with E-state index >= 15 is 0 Å². The lowest BCUT2D eigenvalue weighted by Gasteiger charge is -2.30. The molecule has 0 radical (unpaired) electrons. The SMILES string of the molecule is CCC(CC)(CN)C(=O)NCC(CC(C)(C)C)C(=O)O. The predicted octanol–water partition coefficient (Wildman–Crippen LogP) is 2.00. The van der Waals surface area contributed by atoms with Gasteiger partial charge >= 0.3 is 5.97 Å². The van der Waals surface area contributed by atoms with E-state index in [-0.39, 0.29) is 24.4 Å². The Hall–Kier alpha value is -1.10. The standard InChI is InChI=1S/C15H30N2O3/c1-6-15(7-2,10-16)13(20)17-9-11(12(18)19)8-14(3,4)5/h11H,6-10,16H2,1-5H3,(H,17,20)(H,18,19). The minimum absolute atomic E-state index is 0.0890. The van der Waals surface area contributed by atoms with Crippen molar-refractivity contribution in [3.05, 3.63) is 0 Å². The van der Waals surface area contributed by atoms with E-state index in [1.807, 2.05) is 34.6 Å². The van der Waals surface area contributed by atoms with Crippen LogP contribution in [-0.4, -0.2) is 30.1 Å². The first-order chi connectivity index (χ1) is 9.11. The zero-order chi connectivity index (χ0) is 16.0. The quantitative estimate of drug-likeness (QED) is 0.636. The molecule has 0 saturated heterocycles. The molecular formula is C15H30N2O3. The minimum Gasteiger partial charge on any atom is -0.481 e. The third kappa shape index (κ3) is 5.49. The van der Waals surface area contributed by atoms with Crippen molar-refractivity contribution in [3.8, 4) is 0 Å². The fourth-order valence-electron chi connectivity index (χ4n) is 2.34. The summed E-state index contributed by atoms with van der Waals surface area (Å²) in [5.74, 6) is -1.57. The zero-order valence-corrected chi connectivity index (χ0v) is 13.5. The summed E-state index contributed by atoms with van der Waals surface area (Å²) in [7, 11) is 0. The Morgan fingerprint density at radius 1 is 1.20 bits per heavy atom. The summed E-state index contributed by atoms with van der Waals surface area (Å²) in [6, 6.07) is 0. The molecule has 0 spiro atoms. The number of carboxylic acids is 1. The molecule has 0 aromatic heterocycles. The Bertz CT molecular complexity index is 322. The number of nitrogens with one attached hydrogen (secondary N) is 1. The van der Waals surface area contributed by atoms with E-state index in [1.165, 1.54) is 0 Å². The molecule has 0 fully saturated rings. The van der Waals surface area contributed by atoms with E-state index in [1.54, 1.807) is 0 Å². The molecule has 0 heterocycles. The number of amides is 1. The van der Waals surface area contributed by atoms with Gasteiger partial charge in [0.2, 0.25) is 5.91 Å². The fraction of sp³-hybridized carbons (Fsp3) is 0.867. The molecule has 0 aliphatic heterocycles. The molecular weight excluding hydrogens is 256 g/mol. The van der Waals surface area contributed by atoms with Crippen LogP contribution in [0.3, 0.4) is 0 Å². The third-order valence-corrected chi connectivity index (χ3v) is 3.94. The highest BCUT2D eigenvalue weighted by Crippen LogP contribution is 2.27. The van der Waals surface area contributed by atoms with E-state index in [2.05, 4.69) is 5.32 Å². The molecule has 0 aromatic carbocycles. The van der Waals surface area contributed by atoms with Crippen molar-refractivity contribution in [2.75, 3.05) is 13.1 Å². The molecule has 0 saturated carbocycles. The molecule has 1 amide bonds. The molecule has 118 valence electrons. The minimum atomic E-state index is -0.869. The van der Waals surface area contributed by atoms with Crippen molar-refractivity contribution in [1.29, 1.82) is 0 Å². The maximum atomic E-state index is 12.3. The number of carbonyl (C=O) groups excluding carboxylic acids is 1. The van der Waals surface area contributed by atoms with Gasteiger partial charge in [-0.25, -0.2) is 0 Å². The number of carboxylic acid groups (broad SMARTS) is 1. The van der Waals surface area contributed by atoms with Crippen LogP contribution >= 0.6 is 0 Å². The summed E-state index contributed by atoms with van der Waals surface area (Å²) in [6.07, 6.45) is 1.84. The molecule has 0 bridgehead atoms. The maximum Gasteiger partial charge on any atom is 0.308 e. The number of rotatable bonds is 8. The summed E-state index contributed by atoms with van der Waals surface area (Å²) < 4.78 is 0. The van der Waals surface area contributed by atoms with Crippen molar-refractivity contribution < 1.29 is 14.7 Å². The number of carbonyl (C=O) groups is 2. The molecule has 0 rings (SSSR count). The van der Waals surface area contributed by atoms with Gasteiger partial charge in [0.25, 0.3) is 0 Å². The van der Waals surface area contributed by atoms with Gasteiger partial charge in [0.15, 0.2) is 0 Å². The Labute approximate surface area is 122 Å². The Morgan fingerprint density at radius 2 is 1.70 bits per heavy atom. The first-order valence-corrected chi connectivity index (χ1v) is 7.33. The lowest BCUT2D eigenvalue weighted by atomic mass is 9.81. The van der Waals surface area contributed by atoms with Crippen molar-refractivity contribution in [3.63, 3.8) is 0 Å². The molecule has 0 aliphatic rings. The van der Waals surface area contributed by atoms with E-state index in [9.17, 15) is 14.7 Å². The van der Waals surface area contributed by atoms with Crippen LogP contribution in [0.5, 0.6) is 0 Å². The molecule has 5 heteroatoms. The highest BCUT2D eigenvalue weighted by atomic mass is 16.4. The highest BCUT2D eigenvalue weighted by molar-refractivity contribution is 5.83. The lowest BCUT2D eigenvalue weighted by molar-refractivity contribution is -0.143. The predicted molar refractivity (Wildman–Crippen MR) is 80.3 cm³/mol.